The van der Waals surface area contributed by atoms with Crippen LogP contribution in [0, 0.1) is 6.92 Å². The summed E-state index contributed by atoms with van der Waals surface area (Å²) in [6, 6.07) is 7.42. The van der Waals surface area contributed by atoms with Crippen molar-refractivity contribution in [3.05, 3.63) is 34.9 Å². The number of nitrogens with two attached hydrogens (primary N) is 1. The summed E-state index contributed by atoms with van der Waals surface area (Å²) in [6.07, 6.45) is 0.627. The Kier molecular flexibility index (Phi) is 4.49. The van der Waals surface area contributed by atoms with Gasteiger partial charge in [0.05, 0.1) is 15.9 Å². The van der Waals surface area contributed by atoms with Crippen LogP contribution in [-0.2, 0) is 9.53 Å². The molecule has 1 fully saturated rings. The van der Waals surface area contributed by atoms with Crippen molar-refractivity contribution in [2.45, 2.75) is 32.0 Å². The van der Waals surface area contributed by atoms with Crippen LogP contribution in [0.3, 0.4) is 0 Å². The summed E-state index contributed by atoms with van der Waals surface area (Å²) in [4.78, 5) is 24.8. The van der Waals surface area contributed by atoms with Gasteiger partial charge in [-0.05, 0) is 44.0 Å². The molecule has 3 rings (SSSR count). The van der Waals surface area contributed by atoms with Gasteiger partial charge in [-0.15, -0.1) is 11.3 Å². The quantitative estimate of drug-likeness (QED) is 0.875. The van der Waals surface area contributed by atoms with Crippen molar-refractivity contribution in [2.24, 2.45) is 5.73 Å². The molecule has 2 atom stereocenters. The SMILES string of the molecule is Cc1ccc(-c2ccc(C(=O)NC[C@@H]3CC[C@@H](C(N)=O)O3)s2)o1. The number of rotatable bonds is 5. The van der Waals surface area contributed by atoms with Gasteiger partial charge in [0.25, 0.3) is 5.91 Å². The average molecular weight is 334 g/mol. The molecule has 0 spiro atoms. The molecule has 23 heavy (non-hydrogen) atoms. The summed E-state index contributed by atoms with van der Waals surface area (Å²) in [7, 11) is 0. The number of primary amides is 1. The molecule has 0 unspecified atom stereocenters. The first-order valence-corrected chi connectivity index (χ1v) is 8.24. The molecule has 2 aromatic heterocycles. The van der Waals surface area contributed by atoms with Crippen molar-refractivity contribution in [3.8, 4) is 10.6 Å². The molecule has 2 aromatic rings. The fourth-order valence-corrected chi connectivity index (χ4v) is 3.40. The summed E-state index contributed by atoms with van der Waals surface area (Å²) in [5, 5.41) is 2.83. The van der Waals surface area contributed by atoms with Gasteiger partial charge in [-0.2, -0.15) is 0 Å². The maximum absolute atomic E-state index is 12.2. The van der Waals surface area contributed by atoms with E-state index in [-0.39, 0.29) is 12.0 Å². The van der Waals surface area contributed by atoms with Crippen LogP contribution < -0.4 is 11.1 Å². The van der Waals surface area contributed by atoms with Crippen LogP contribution in [0.15, 0.2) is 28.7 Å². The zero-order chi connectivity index (χ0) is 16.4. The number of hydrogen-bond donors (Lipinski definition) is 2. The Morgan fingerprint density at radius 3 is 2.78 bits per heavy atom. The van der Waals surface area contributed by atoms with Crippen LogP contribution in [-0.4, -0.2) is 30.6 Å². The molecule has 1 saturated heterocycles. The van der Waals surface area contributed by atoms with Crippen LogP contribution in [0.4, 0.5) is 0 Å². The Balaban J connectivity index is 1.55. The summed E-state index contributed by atoms with van der Waals surface area (Å²) in [6.45, 7) is 2.25. The van der Waals surface area contributed by atoms with Crippen LogP contribution in [0.2, 0.25) is 0 Å². The minimum atomic E-state index is -0.535. The molecule has 6 nitrogen and oxygen atoms in total. The van der Waals surface area contributed by atoms with Gasteiger partial charge >= 0.3 is 0 Å². The van der Waals surface area contributed by atoms with Crippen LogP contribution in [0.1, 0.15) is 28.3 Å². The van der Waals surface area contributed by atoms with Crippen molar-refractivity contribution in [2.75, 3.05) is 6.54 Å². The predicted octanol–water partition coefficient (Wildman–Crippen LogP) is 2.08. The summed E-state index contributed by atoms with van der Waals surface area (Å²) < 4.78 is 11.0. The third kappa shape index (κ3) is 3.62. The number of hydrogen-bond acceptors (Lipinski definition) is 5. The molecule has 1 aliphatic heterocycles. The van der Waals surface area contributed by atoms with E-state index in [4.69, 9.17) is 14.9 Å². The fourth-order valence-electron chi connectivity index (χ4n) is 2.52. The van der Waals surface area contributed by atoms with Crippen LogP contribution >= 0.6 is 11.3 Å². The van der Waals surface area contributed by atoms with Crippen molar-refractivity contribution in [1.29, 1.82) is 0 Å². The van der Waals surface area contributed by atoms with E-state index in [0.29, 0.717) is 17.8 Å². The molecule has 3 heterocycles. The van der Waals surface area contributed by atoms with Crippen molar-refractivity contribution >= 4 is 23.2 Å². The zero-order valence-corrected chi connectivity index (χ0v) is 13.5. The lowest BCUT2D eigenvalue weighted by Crippen LogP contribution is -2.34. The van der Waals surface area contributed by atoms with Crippen molar-refractivity contribution in [1.82, 2.24) is 5.32 Å². The second-order valence-electron chi connectivity index (χ2n) is 5.51. The van der Waals surface area contributed by atoms with Gasteiger partial charge < -0.3 is 20.2 Å². The second kappa shape index (κ2) is 6.55. The van der Waals surface area contributed by atoms with Gasteiger partial charge in [-0.25, -0.2) is 0 Å². The highest BCUT2D eigenvalue weighted by molar-refractivity contribution is 7.17. The second-order valence-corrected chi connectivity index (χ2v) is 6.59. The van der Waals surface area contributed by atoms with Gasteiger partial charge in [0, 0.05) is 6.54 Å². The highest BCUT2D eigenvalue weighted by atomic mass is 32.1. The van der Waals surface area contributed by atoms with E-state index in [0.717, 1.165) is 22.8 Å². The van der Waals surface area contributed by atoms with Crippen molar-refractivity contribution < 1.29 is 18.7 Å². The third-order valence-electron chi connectivity index (χ3n) is 3.73. The Labute approximate surface area is 137 Å². The van der Waals surface area contributed by atoms with E-state index in [2.05, 4.69) is 5.32 Å². The number of ether oxygens (including phenoxy) is 1. The molecule has 0 bridgehead atoms. The Morgan fingerprint density at radius 2 is 2.13 bits per heavy atom. The van der Waals surface area contributed by atoms with Gasteiger partial charge in [-0.3, -0.25) is 9.59 Å². The Morgan fingerprint density at radius 1 is 1.30 bits per heavy atom. The number of carbonyl (C=O) groups excluding carboxylic acids is 2. The number of aryl methyl sites for hydroxylation is 1. The lowest BCUT2D eigenvalue weighted by Gasteiger charge is -2.12. The molecular formula is C16H18N2O4S. The first kappa shape index (κ1) is 15.8. The molecule has 0 radical (unpaired) electrons. The van der Waals surface area contributed by atoms with Crippen LogP contribution in [0.5, 0.6) is 0 Å². The molecule has 3 N–H and O–H groups in total. The molecule has 7 heteroatoms. The molecule has 0 aliphatic carbocycles. The van der Waals surface area contributed by atoms with E-state index in [1.807, 2.05) is 25.1 Å². The molecule has 122 valence electrons. The maximum Gasteiger partial charge on any atom is 0.261 e. The number of nitrogens with one attached hydrogen (secondary N) is 1. The Hall–Kier alpha value is -2.12. The Bertz CT molecular complexity index is 721. The topological polar surface area (TPSA) is 94.6 Å². The number of thiophene rings is 1. The summed E-state index contributed by atoms with van der Waals surface area (Å²) in [5.74, 6) is 0.989. The lowest BCUT2D eigenvalue weighted by atomic mass is 10.2. The third-order valence-corrected chi connectivity index (χ3v) is 4.83. The minimum absolute atomic E-state index is 0.157. The van der Waals surface area contributed by atoms with E-state index in [9.17, 15) is 9.59 Å². The summed E-state index contributed by atoms with van der Waals surface area (Å²) >= 11 is 1.37. The smallest absolute Gasteiger partial charge is 0.261 e. The average Bonchev–Trinajstić information content (AvgIpc) is 3.24. The zero-order valence-electron chi connectivity index (χ0n) is 12.7. The van der Waals surface area contributed by atoms with Gasteiger partial charge in [0.1, 0.15) is 17.6 Å². The largest absolute Gasteiger partial charge is 0.461 e. The number of carbonyl (C=O) groups is 2. The lowest BCUT2D eigenvalue weighted by molar-refractivity contribution is -0.128. The molecule has 2 amide bonds. The van der Waals surface area contributed by atoms with Crippen LogP contribution in [0.25, 0.3) is 10.6 Å². The molecule has 1 aliphatic rings. The first-order valence-electron chi connectivity index (χ1n) is 7.42. The fraction of sp³-hybridized carbons (Fsp3) is 0.375. The van der Waals surface area contributed by atoms with E-state index in [1.165, 1.54) is 11.3 Å². The highest BCUT2D eigenvalue weighted by Crippen LogP contribution is 2.29. The summed E-state index contributed by atoms with van der Waals surface area (Å²) in [5.41, 5.74) is 5.21. The molecular weight excluding hydrogens is 316 g/mol. The van der Waals surface area contributed by atoms with E-state index in [1.54, 1.807) is 6.07 Å². The molecule has 0 aromatic carbocycles. The van der Waals surface area contributed by atoms with E-state index >= 15 is 0 Å². The predicted molar refractivity (Wildman–Crippen MR) is 86.2 cm³/mol. The van der Waals surface area contributed by atoms with Crippen molar-refractivity contribution in [3.63, 3.8) is 0 Å². The number of furan rings is 1. The minimum Gasteiger partial charge on any atom is -0.461 e. The normalized spacial score (nSPS) is 20.6. The monoisotopic (exact) mass is 334 g/mol. The molecule has 0 saturated carbocycles. The van der Waals surface area contributed by atoms with E-state index < -0.39 is 12.0 Å². The number of amides is 2. The van der Waals surface area contributed by atoms with Gasteiger partial charge in [0.15, 0.2) is 0 Å². The standard InChI is InChI=1S/C16H18N2O4S/c1-9-2-4-11(21-9)13-6-7-14(23-13)16(20)18-8-10-3-5-12(22-10)15(17)19/h2,4,6-7,10,12H,3,5,8H2,1H3,(H2,17,19)(H,18,20)/t10-,12-/m0/s1. The maximum atomic E-state index is 12.2. The van der Waals surface area contributed by atoms with Gasteiger partial charge in [0.2, 0.25) is 5.91 Å². The highest BCUT2D eigenvalue weighted by Gasteiger charge is 2.29. The van der Waals surface area contributed by atoms with Gasteiger partial charge in [-0.1, -0.05) is 0 Å². The first-order chi connectivity index (χ1) is 11.0.